The van der Waals surface area contributed by atoms with Crippen molar-refractivity contribution < 1.29 is 36.6 Å². The second-order valence-corrected chi connectivity index (χ2v) is 6.91. The molecule has 0 saturated heterocycles. The summed E-state index contributed by atoms with van der Waals surface area (Å²) in [5, 5.41) is 1.73. The predicted octanol–water partition coefficient (Wildman–Crippen LogP) is 5.22. The second kappa shape index (κ2) is 9.13. The molecule has 0 radical (unpaired) electrons. The first-order valence-corrected chi connectivity index (χ1v) is 9.54. The van der Waals surface area contributed by atoms with Crippen LogP contribution in [0.4, 0.5) is 28.4 Å². The number of anilines is 2. The maximum atomic E-state index is 14.1. The van der Waals surface area contributed by atoms with Gasteiger partial charge in [-0.25, -0.2) is 14.2 Å². The van der Waals surface area contributed by atoms with E-state index in [4.69, 9.17) is 4.74 Å². The van der Waals surface area contributed by atoms with Crippen molar-refractivity contribution in [1.82, 2.24) is 4.98 Å². The van der Waals surface area contributed by atoms with E-state index >= 15 is 0 Å². The molecule has 0 unspecified atom stereocenters. The fourth-order valence-electron chi connectivity index (χ4n) is 2.52. The van der Waals surface area contributed by atoms with E-state index in [1.165, 1.54) is 25.1 Å². The number of hydrogen-bond acceptors (Lipinski definition) is 6. The van der Waals surface area contributed by atoms with Crippen LogP contribution in [-0.4, -0.2) is 23.2 Å². The Hall–Kier alpha value is -3.47. The van der Waals surface area contributed by atoms with Crippen molar-refractivity contribution in [3.63, 3.8) is 0 Å². The first kappa shape index (κ1) is 22.2. The van der Waals surface area contributed by atoms with Crippen LogP contribution in [0.3, 0.4) is 0 Å². The van der Waals surface area contributed by atoms with E-state index in [1.54, 1.807) is 11.4 Å². The van der Waals surface area contributed by atoms with Crippen molar-refractivity contribution in [3.05, 3.63) is 71.0 Å². The number of carbonyl (C=O) groups excluding carboxylic acids is 2. The maximum Gasteiger partial charge on any atom is 0.573 e. The molecule has 0 bridgehead atoms. The van der Waals surface area contributed by atoms with Crippen LogP contribution in [0, 0.1) is 5.82 Å². The van der Waals surface area contributed by atoms with Gasteiger partial charge in [-0.05, 0) is 36.4 Å². The van der Waals surface area contributed by atoms with Gasteiger partial charge in [0.1, 0.15) is 18.2 Å². The zero-order valence-corrected chi connectivity index (χ0v) is 16.7. The number of ether oxygens (including phenoxy) is 2. The number of para-hydroxylation sites is 1. The molecule has 11 heteroatoms. The number of halogens is 4. The van der Waals surface area contributed by atoms with Gasteiger partial charge in [0.2, 0.25) is 5.91 Å². The Balaban J connectivity index is 1.66. The van der Waals surface area contributed by atoms with Crippen LogP contribution >= 0.6 is 11.3 Å². The lowest BCUT2D eigenvalue weighted by atomic mass is 10.2. The highest BCUT2D eigenvalue weighted by Crippen LogP contribution is 2.31. The molecule has 0 fully saturated rings. The first-order valence-electron chi connectivity index (χ1n) is 8.66. The summed E-state index contributed by atoms with van der Waals surface area (Å²) < 4.78 is 59.5. The minimum Gasteiger partial charge on any atom is -0.456 e. The average molecular weight is 454 g/mol. The number of esters is 1. The molecule has 6 nitrogen and oxygen atoms in total. The van der Waals surface area contributed by atoms with E-state index in [2.05, 4.69) is 9.72 Å². The van der Waals surface area contributed by atoms with Crippen LogP contribution in [-0.2, 0) is 16.1 Å². The van der Waals surface area contributed by atoms with E-state index < -0.39 is 29.8 Å². The minimum absolute atomic E-state index is 0.0155. The van der Waals surface area contributed by atoms with Gasteiger partial charge in [0.05, 0.1) is 16.9 Å². The Labute approximate surface area is 177 Å². The summed E-state index contributed by atoms with van der Waals surface area (Å²) >= 11 is 1.06. The number of thiazole rings is 1. The SMILES string of the molecule is CC(=O)N(c1nc(COC(=O)c2ccc(OC(F)(F)F)cc2)cs1)c1ccccc1F. The highest BCUT2D eigenvalue weighted by atomic mass is 32.1. The van der Waals surface area contributed by atoms with Gasteiger partial charge >= 0.3 is 12.3 Å². The zero-order valence-electron chi connectivity index (χ0n) is 15.9. The molecule has 0 aliphatic rings. The van der Waals surface area contributed by atoms with Crippen LogP contribution in [0.15, 0.2) is 53.9 Å². The summed E-state index contributed by atoms with van der Waals surface area (Å²) in [5.74, 6) is -2.31. The number of benzene rings is 2. The summed E-state index contributed by atoms with van der Waals surface area (Å²) in [4.78, 5) is 29.4. The lowest BCUT2D eigenvalue weighted by Crippen LogP contribution is -2.23. The fourth-order valence-corrected chi connectivity index (χ4v) is 3.39. The van der Waals surface area contributed by atoms with Gasteiger partial charge in [-0.1, -0.05) is 12.1 Å². The molecule has 0 aliphatic heterocycles. The Morgan fingerprint density at radius 2 is 1.77 bits per heavy atom. The van der Waals surface area contributed by atoms with Gasteiger partial charge in [0, 0.05) is 12.3 Å². The molecule has 3 rings (SSSR count). The Bertz CT molecular complexity index is 1080. The third-order valence-corrected chi connectivity index (χ3v) is 4.69. The summed E-state index contributed by atoms with van der Waals surface area (Å²) in [7, 11) is 0. The Morgan fingerprint density at radius 1 is 1.10 bits per heavy atom. The quantitative estimate of drug-likeness (QED) is 0.377. The van der Waals surface area contributed by atoms with Crippen LogP contribution in [0.2, 0.25) is 0 Å². The van der Waals surface area contributed by atoms with Gasteiger partial charge in [0.25, 0.3) is 0 Å². The first-order chi connectivity index (χ1) is 14.6. The van der Waals surface area contributed by atoms with Gasteiger partial charge < -0.3 is 9.47 Å². The molecule has 1 heterocycles. The minimum atomic E-state index is -4.83. The summed E-state index contributed by atoms with van der Waals surface area (Å²) in [6.07, 6.45) is -4.83. The number of rotatable bonds is 6. The maximum absolute atomic E-state index is 14.1. The Kier molecular flexibility index (Phi) is 6.54. The number of amides is 1. The molecule has 0 N–H and O–H groups in total. The molecule has 1 aromatic heterocycles. The zero-order chi connectivity index (χ0) is 22.6. The molecular weight excluding hydrogens is 440 g/mol. The summed E-state index contributed by atoms with van der Waals surface area (Å²) in [6.45, 7) is 1.01. The van der Waals surface area contributed by atoms with Crippen molar-refractivity contribution in [1.29, 1.82) is 0 Å². The van der Waals surface area contributed by atoms with Crippen LogP contribution in [0.1, 0.15) is 23.0 Å². The topological polar surface area (TPSA) is 68.7 Å². The molecule has 31 heavy (non-hydrogen) atoms. The number of aromatic nitrogens is 1. The van der Waals surface area contributed by atoms with E-state index in [9.17, 15) is 27.2 Å². The molecule has 0 spiro atoms. The largest absolute Gasteiger partial charge is 0.573 e. The number of alkyl halides is 3. The van der Waals surface area contributed by atoms with E-state index in [0.29, 0.717) is 5.69 Å². The van der Waals surface area contributed by atoms with Gasteiger partial charge in [-0.2, -0.15) is 0 Å². The molecule has 2 aromatic carbocycles. The second-order valence-electron chi connectivity index (χ2n) is 6.08. The van der Waals surface area contributed by atoms with Crippen molar-refractivity contribution >= 4 is 34.0 Å². The highest BCUT2D eigenvalue weighted by molar-refractivity contribution is 7.14. The van der Waals surface area contributed by atoms with Crippen molar-refractivity contribution in [2.45, 2.75) is 19.9 Å². The molecule has 3 aromatic rings. The fraction of sp³-hybridized carbons (Fsp3) is 0.150. The van der Waals surface area contributed by atoms with Crippen LogP contribution < -0.4 is 9.64 Å². The standard InChI is InChI=1S/C20H14F4N2O4S/c1-12(27)26(17-5-3-2-4-16(17)21)19-25-14(11-31-19)10-29-18(28)13-6-8-15(9-7-13)30-20(22,23)24/h2-9,11H,10H2,1H3. The molecule has 0 saturated carbocycles. The summed E-state index contributed by atoms with van der Waals surface area (Å²) in [6, 6.07) is 9.96. The molecule has 1 amide bonds. The third kappa shape index (κ3) is 5.79. The van der Waals surface area contributed by atoms with Crippen LogP contribution in [0.25, 0.3) is 0 Å². The Morgan fingerprint density at radius 3 is 2.39 bits per heavy atom. The van der Waals surface area contributed by atoms with Gasteiger partial charge in [-0.15, -0.1) is 24.5 Å². The smallest absolute Gasteiger partial charge is 0.456 e. The van der Waals surface area contributed by atoms with Crippen molar-refractivity contribution in [2.24, 2.45) is 0 Å². The van der Waals surface area contributed by atoms with E-state index in [1.807, 2.05) is 0 Å². The third-order valence-electron chi connectivity index (χ3n) is 3.81. The number of carbonyl (C=O) groups is 2. The van der Waals surface area contributed by atoms with Gasteiger partial charge in [-0.3, -0.25) is 9.69 Å². The lowest BCUT2D eigenvalue weighted by molar-refractivity contribution is -0.274. The number of hydrogen-bond donors (Lipinski definition) is 0. The van der Waals surface area contributed by atoms with Crippen molar-refractivity contribution in [3.8, 4) is 5.75 Å². The van der Waals surface area contributed by atoms with Crippen LogP contribution in [0.5, 0.6) is 5.75 Å². The molecular formula is C20H14F4N2O4S. The van der Waals surface area contributed by atoms with Gasteiger partial charge in [0.15, 0.2) is 5.13 Å². The average Bonchev–Trinajstić information content (AvgIpc) is 3.15. The summed E-state index contributed by atoms with van der Waals surface area (Å²) in [5.41, 5.74) is 0.365. The van der Waals surface area contributed by atoms with E-state index in [-0.39, 0.29) is 23.0 Å². The monoisotopic (exact) mass is 454 g/mol. The molecule has 162 valence electrons. The predicted molar refractivity (Wildman–Crippen MR) is 104 cm³/mol. The normalized spacial score (nSPS) is 11.1. The number of nitrogens with zero attached hydrogens (tertiary/aromatic N) is 2. The lowest BCUT2D eigenvalue weighted by Gasteiger charge is -2.18. The molecule has 0 aliphatic carbocycles. The highest BCUT2D eigenvalue weighted by Gasteiger charge is 2.31. The van der Waals surface area contributed by atoms with Crippen molar-refractivity contribution in [2.75, 3.05) is 4.90 Å². The molecule has 0 atom stereocenters. The van der Waals surface area contributed by atoms with E-state index in [0.717, 1.165) is 40.5 Å².